The first-order valence-electron chi connectivity index (χ1n) is 9.43. The Morgan fingerprint density at radius 3 is 2.82 bits per heavy atom. The van der Waals surface area contributed by atoms with E-state index in [1.54, 1.807) is 18.3 Å². The second kappa shape index (κ2) is 7.75. The number of nitro groups is 1. The molecule has 4 rings (SSSR count). The Labute approximate surface area is 162 Å². The van der Waals surface area contributed by atoms with Crippen molar-refractivity contribution in [2.45, 2.75) is 44.9 Å². The number of hydrogen-bond acceptors (Lipinski definition) is 7. The van der Waals surface area contributed by atoms with E-state index in [-0.39, 0.29) is 5.69 Å². The molecule has 1 saturated carbocycles. The zero-order valence-corrected chi connectivity index (χ0v) is 15.6. The summed E-state index contributed by atoms with van der Waals surface area (Å²) in [4.78, 5) is 19.4. The highest BCUT2D eigenvalue weighted by molar-refractivity contribution is 5.67. The first-order chi connectivity index (χ1) is 13.6. The van der Waals surface area contributed by atoms with Gasteiger partial charge >= 0.3 is 0 Å². The predicted octanol–water partition coefficient (Wildman–Crippen LogP) is 5.14. The molecule has 0 amide bonds. The zero-order valence-electron chi connectivity index (χ0n) is 15.6. The van der Waals surface area contributed by atoms with E-state index < -0.39 is 4.92 Å². The summed E-state index contributed by atoms with van der Waals surface area (Å²) in [5, 5.41) is 18.3. The van der Waals surface area contributed by atoms with Crippen LogP contribution in [0.2, 0.25) is 0 Å². The monoisotopic (exact) mass is 379 g/mol. The minimum Gasteiger partial charge on any atom is -0.361 e. The van der Waals surface area contributed by atoms with E-state index in [2.05, 4.69) is 20.4 Å². The Hall–Kier alpha value is -3.29. The molecular formula is C20H21N5O3. The number of hydrogen-bond donors (Lipinski definition) is 1. The van der Waals surface area contributed by atoms with Gasteiger partial charge in [-0.2, -0.15) is 0 Å². The van der Waals surface area contributed by atoms with Gasteiger partial charge in [0.2, 0.25) is 5.95 Å². The lowest BCUT2D eigenvalue weighted by Crippen LogP contribution is -2.07. The Morgan fingerprint density at radius 2 is 2.04 bits per heavy atom. The molecule has 1 fully saturated rings. The van der Waals surface area contributed by atoms with E-state index in [0.29, 0.717) is 17.6 Å². The Balaban J connectivity index is 1.64. The summed E-state index contributed by atoms with van der Waals surface area (Å²) >= 11 is 0. The number of nitro benzene ring substituents is 1. The molecule has 0 saturated heterocycles. The lowest BCUT2D eigenvalue weighted by atomic mass is 9.85. The quantitative estimate of drug-likeness (QED) is 0.483. The predicted molar refractivity (Wildman–Crippen MR) is 104 cm³/mol. The van der Waals surface area contributed by atoms with Gasteiger partial charge in [-0.1, -0.05) is 30.5 Å². The summed E-state index contributed by atoms with van der Waals surface area (Å²) in [6.07, 6.45) is 7.58. The van der Waals surface area contributed by atoms with Crippen LogP contribution in [0, 0.1) is 17.0 Å². The fourth-order valence-corrected chi connectivity index (χ4v) is 3.74. The molecule has 0 unspecified atom stereocenters. The van der Waals surface area contributed by atoms with Crippen LogP contribution in [0.15, 0.2) is 41.1 Å². The molecule has 0 radical (unpaired) electrons. The minimum atomic E-state index is -0.431. The standard InChI is InChI=1S/C20H21N5O3/c1-13-18(19(24-28-13)14-6-3-2-4-7-14)17-10-11-21-20(23-17)22-15-8-5-9-16(12-15)25(26)27/h5,8-12,14H,2-4,6-7H2,1H3,(H,21,22,23). The molecule has 1 aliphatic rings. The van der Waals surface area contributed by atoms with Crippen LogP contribution in [0.1, 0.15) is 49.5 Å². The van der Waals surface area contributed by atoms with Gasteiger partial charge in [0.05, 0.1) is 21.9 Å². The van der Waals surface area contributed by atoms with E-state index in [1.165, 1.54) is 31.4 Å². The molecule has 2 heterocycles. The first kappa shape index (κ1) is 18.1. The van der Waals surface area contributed by atoms with Crippen LogP contribution in [0.5, 0.6) is 0 Å². The average molecular weight is 379 g/mol. The van der Waals surface area contributed by atoms with Crippen molar-refractivity contribution in [2.24, 2.45) is 0 Å². The summed E-state index contributed by atoms with van der Waals surface area (Å²) in [7, 11) is 0. The lowest BCUT2D eigenvalue weighted by molar-refractivity contribution is -0.384. The van der Waals surface area contributed by atoms with Gasteiger partial charge in [-0.3, -0.25) is 10.1 Å². The minimum absolute atomic E-state index is 0.00983. The van der Waals surface area contributed by atoms with Crippen molar-refractivity contribution in [3.8, 4) is 11.3 Å². The summed E-state index contributed by atoms with van der Waals surface area (Å²) in [6.45, 7) is 1.89. The highest BCUT2D eigenvalue weighted by Gasteiger charge is 2.25. The van der Waals surface area contributed by atoms with Crippen molar-refractivity contribution >= 4 is 17.3 Å². The normalized spacial score (nSPS) is 14.8. The number of benzene rings is 1. The number of aromatic nitrogens is 3. The highest BCUT2D eigenvalue weighted by atomic mass is 16.6. The second-order valence-corrected chi connectivity index (χ2v) is 7.03. The SMILES string of the molecule is Cc1onc(C2CCCCC2)c1-c1ccnc(Nc2cccc([N+](=O)[O-])c2)n1. The molecule has 1 aromatic carbocycles. The molecular weight excluding hydrogens is 358 g/mol. The van der Waals surface area contributed by atoms with Crippen LogP contribution < -0.4 is 5.32 Å². The maximum absolute atomic E-state index is 11.0. The van der Waals surface area contributed by atoms with Gasteiger partial charge < -0.3 is 9.84 Å². The van der Waals surface area contributed by atoms with Crippen molar-refractivity contribution in [1.82, 2.24) is 15.1 Å². The van der Waals surface area contributed by atoms with Crippen molar-refractivity contribution in [3.63, 3.8) is 0 Å². The average Bonchev–Trinajstić information content (AvgIpc) is 3.10. The smallest absolute Gasteiger partial charge is 0.271 e. The first-order valence-corrected chi connectivity index (χ1v) is 9.43. The molecule has 8 nitrogen and oxygen atoms in total. The maximum atomic E-state index is 11.0. The van der Waals surface area contributed by atoms with Gasteiger partial charge in [-0.05, 0) is 31.9 Å². The van der Waals surface area contributed by atoms with E-state index in [0.717, 1.165) is 35.6 Å². The number of nitrogens with one attached hydrogen (secondary N) is 1. The van der Waals surface area contributed by atoms with Crippen LogP contribution in [0.3, 0.4) is 0 Å². The van der Waals surface area contributed by atoms with E-state index in [1.807, 2.05) is 13.0 Å². The lowest BCUT2D eigenvalue weighted by Gasteiger charge is -2.20. The third-order valence-corrected chi connectivity index (χ3v) is 5.11. The maximum Gasteiger partial charge on any atom is 0.271 e. The fourth-order valence-electron chi connectivity index (χ4n) is 3.74. The van der Waals surface area contributed by atoms with Crippen molar-refractivity contribution in [2.75, 3.05) is 5.32 Å². The third kappa shape index (κ3) is 3.71. The van der Waals surface area contributed by atoms with Gasteiger partial charge in [-0.25, -0.2) is 9.97 Å². The molecule has 1 N–H and O–H groups in total. The Morgan fingerprint density at radius 1 is 1.21 bits per heavy atom. The van der Waals surface area contributed by atoms with E-state index >= 15 is 0 Å². The Kier molecular flexibility index (Phi) is 5.01. The van der Waals surface area contributed by atoms with E-state index in [4.69, 9.17) is 4.52 Å². The summed E-state index contributed by atoms with van der Waals surface area (Å²) in [6, 6.07) is 8.09. The van der Waals surface area contributed by atoms with Crippen molar-refractivity contribution < 1.29 is 9.45 Å². The van der Waals surface area contributed by atoms with Gasteiger partial charge in [0.15, 0.2) is 0 Å². The molecule has 28 heavy (non-hydrogen) atoms. The number of aryl methyl sites for hydroxylation is 1. The van der Waals surface area contributed by atoms with Crippen molar-refractivity contribution in [3.05, 3.63) is 58.1 Å². The Bertz CT molecular complexity index is 995. The fraction of sp³-hybridized carbons (Fsp3) is 0.350. The zero-order chi connectivity index (χ0) is 19.5. The number of anilines is 2. The number of non-ortho nitro benzene ring substituents is 1. The van der Waals surface area contributed by atoms with Gasteiger partial charge in [0.25, 0.3) is 5.69 Å². The molecule has 0 spiro atoms. The van der Waals surface area contributed by atoms with Gasteiger partial charge in [-0.15, -0.1) is 0 Å². The molecule has 3 aromatic rings. The molecule has 2 aromatic heterocycles. The summed E-state index contributed by atoms with van der Waals surface area (Å²) < 4.78 is 5.50. The topological polar surface area (TPSA) is 107 Å². The van der Waals surface area contributed by atoms with Crippen LogP contribution in [0.4, 0.5) is 17.3 Å². The third-order valence-electron chi connectivity index (χ3n) is 5.11. The molecule has 1 aliphatic carbocycles. The van der Waals surface area contributed by atoms with Gasteiger partial charge in [0.1, 0.15) is 5.76 Å². The van der Waals surface area contributed by atoms with Crippen LogP contribution in [-0.4, -0.2) is 20.0 Å². The largest absolute Gasteiger partial charge is 0.361 e. The summed E-state index contributed by atoms with van der Waals surface area (Å²) in [5.41, 5.74) is 3.20. The van der Waals surface area contributed by atoms with Crippen molar-refractivity contribution in [1.29, 1.82) is 0 Å². The van der Waals surface area contributed by atoms with Crippen LogP contribution in [0.25, 0.3) is 11.3 Å². The molecule has 8 heteroatoms. The second-order valence-electron chi connectivity index (χ2n) is 7.03. The van der Waals surface area contributed by atoms with Crippen LogP contribution in [-0.2, 0) is 0 Å². The molecule has 0 bridgehead atoms. The molecule has 0 atom stereocenters. The molecule has 144 valence electrons. The highest BCUT2D eigenvalue weighted by Crippen LogP contribution is 2.38. The number of nitrogens with zero attached hydrogens (tertiary/aromatic N) is 4. The van der Waals surface area contributed by atoms with E-state index in [9.17, 15) is 10.1 Å². The summed E-state index contributed by atoms with van der Waals surface area (Å²) in [5.74, 6) is 1.50. The van der Waals surface area contributed by atoms with Gasteiger partial charge in [0, 0.05) is 29.9 Å². The van der Waals surface area contributed by atoms with Crippen LogP contribution >= 0.6 is 0 Å². The number of rotatable bonds is 5. The molecule has 0 aliphatic heterocycles.